The zero-order valence-corrected chi connectivity index (χ0v) is 20.6. The van der Waals surface area contributed by atoms with Crippen molar-refractivity contribution in [3.05, 3.63) is 60.1 Å². The summed E-state index contributed by atoms with van der Waals surface area (Å²) in [4.78, 5) is 14.3. The average Bonchev–Trinajstić information content (AvgIpc) is 3.53. The normalized spacial score (nSPS) is 13.5. The highest BCUT2D eigenvalue weighted by Crippen LogP contribution is 2.30. The quantitative estimate of drug-likeness (QED) is 0.424. The molecule has 8 nitrogen and oxygen atoms in total. The number of furan rings is 1. The number of hydrazine groups is 1. The fourth-order valence-corrected chi connectivity index (χ4v) is 3.67. The number of nitrogens with one attached hydrogen (secondary N) is 2. The monoisotopic (exact) mass is 468 g/mol. The van der Waals surface area contributed by atoms with Gasteiger partial charge in [-0.2, -0.15) is 0 Å². The minimum Gasteiger partial charge on any atom is -0.497 e. The molecule has 0 spiro atoms. The lowest BCUT2D eigenvalue weighted by Gasteiger charge is -2.17. The third-order valence-corrected chi connectivity index (χ3v) is 5.69. The van der Waals surface area contributed by atoms with Crippen molar-refractivity contribution in [2.45, 2.75) is 39.0 Å². The van der Waals surface area contributed by atoms with E-state index in [4.69, 9.17) is 13.9 Å². The van der Waals surface area contributed by atoms with Crippen molar-refractivity contribution in [2.24, 2.45) is 0 Å². The largest absolute Gasteiger partial charge is 0.497 e. The van der Waals surface area contributed by atoms with Crippen LogP contribution in [-0.4, -0.2) is 45.4 Å². The van der Waals surface area contributed by atoms with Gasteiger partial charge in [-0.05, 0) is 48.6 Å². The number of rotatable bonds is 13. The number of anilines is 1. The van der Waals surface area contributed by atoms with Crippen LogP contribution in [0.3, 0.4) is 0 Å². The number of methoxy groups -OCH3 is 2. The average molecular weight is 469 g/mol. The molecule has 34 heavy (non-hydrogen) atoms. The highest BCUT2D eigenvalue weighted by molar-refractivity contribution is 5.79. The molecule has 0 saturated carbocycles. The fraction of sp³-hybridized carbons (Fsp3) is 0.423. The Morgan fingerprint density at radius 2 is 1.91 bits per heavy atom. The maximum atomic E-state index is 12.3. The van der Waals surface area contributed by atoms with E-state index >= 15 is 0 Å². The van der Waals surface area contributed by atoms with Crippen LogP contribution in [0.2, 0.25) is 0 Å². The molecule has 2 aromatic rings. The highest BCUT2D eigenvalue weighted by Gasteiger charge is 2.17. The Kier molecular flexibility index (Phi) is 9.46. The topological polar surface area (TPSA) is 79.2 Å². The van der Waals surface area contributed by atoms with Gasteiger partial charge in [0, 0.05) is 44.5 Å². The van der Waals surface area contributed by atoms with Crippen LogP contribution >= 0.6 is 0 Å². The standard InChI is InChI=1S/C26H36N4O4/c1-5-6-13-28-25(31)11-9-21(8-7-20-16-22(32-3)18-23(17-20)33-4)24-10-12-26(34-24)29-14-15-30(19-29)27-2/h9-10,12,14-18,27H,5-8,11,13,19H2,1-4H3,(H,28,31). The fourth-order valence-electron chi connectivity index (χ4n) is 3.67. The first-order chi connectivity index (χ1) is 16.6. The summed E-state index contributed by atoms with van der Waals surface area (Å²) in [5.74, 6) is 3.05. The van der Waals surface area contributed by atoms with Gasteiger partial charge in [0.25, 0.3) is 0 Å². The number of hydrogen-bond acceptors (Lipinski definition) is 7. The zero-order valence-electron chi connectivity index (χ0n) is 20.6. The number of hydrogen-bond donors (Lipinski definition) is 2. The summed E-state index contributed by atoms with van der Waals surface area (Å²) in [6, 6.07) is 9.80. The van der Waals surface area contributed by atoms with Crippen molar-refractivity contribution < 1.29 is 18.7 Å². The van der Waals surface area contributed by atoms with Gasteiger partial charge in [0.15, 0.2) is 0 Å². The van der Waals surface area contributed by atoms with Gasteiger partial charge in [-0.3, -0.25) is 14.7 Å². The molecule has 1 aliphatic heterocycles. The van der Waals surface area contributed by atoms with Crippen LogP contribution in [-0.2, 0) is 11.2 Å². The number of ether oxygens (including phenoxy) is 2. The number of benzene rings is 1. The first-order valence-electron chi connectivity index (χ1n) is 11.7. The second-order valence-corrected chi connectivity index (χ2v) is 8.10. The number of carbonyl (C=O) groups is 1. The van der Waals surface area contributed by atoms with Gasteiger partial charge in [-0.15, -0.1) is 0 Å². The molecular weight excluding hydrogens is 432 g/mol. The molecule has 1 aliphatic rings. The Morgan fingerprint density at radius 3 is 2.56 bits per heavy atom. The molecule has 8 heteroatoms. The van der Waals surface area contributed by atoms with Crippen LogP contribution in [0, 0.1) is 0 Å². The number of nitrogens with zero attached hydrogens (tertiary/aromatic N) is 2. The molecule has 0 saturated heterocycles. The molecule has 0 radical (unpaired) electrons. The summed E-state index contributed by atoms with van der Waals surface area (Å²) in [7, 11) is 5.17. The van der Waals surface area contributed by atoms with Crippen molar-refractivity contribution in [3.8, 4) is 11.5 Å². The Morgan fingerprint density at radius 1 is 1.15 bits per heavy atom. The Balaban J connectivity index is 1.75. The second-order valence-electron chi connectivity index (χ2n) is 8.10. The Hall–Kier alpha value is -3.39. The van der Waals surface area contributed by atoms with Crippen LogP contribution < -0.4 is 25.1 Å². The van der Waals surface area contributed by atoms with Crippen molar-refractivity contribution >= 4 is 17.4 Å². The van der Waals surface area contributed by atoms with E-state index in [2.05, 4.69) is 17.7 Å². The van der Waals surface area contributed by atoms with Crippen LogP contribution in [0.4, 0.5) is 5.88 Å². The number of allylic oxidation sites excluding steroid dienone is 1. The van der Waals surface area contributed by atoms with E-state index in [-0.39, 0.29) is 5.91 Å². The smallest absolute Gasteiger partial charge is 0.223 e. The van der Waals surface area contributed by atoms with Gasteiger partial charge in [0.05, 0.1) is 14.2 Å². The van der Waals surface area contributed by atoms with E-state index in [0.29, 0.717) is 26.1 Å². The molecule has 2 heterocycles. The molecule has 0 fully saturated rings. The maximum absolute atomic E-state index is 12.3. The predicted octanol–water partition coefficient (Wildman–Crippen LogP) is 4.30. The van der Waals surface area contributed by atoms with Crippen molar-refractivity contribution in [3.63, 3.8) is 0 Å². The van der Waals surface area contributed by atoms with E-state index in [1.807, 2.05) is 65.8 Å². The van der Waals surface area contributed by atoms with Crippen LogP contribution in [0.1, 0.15) is 43.9 Å². The molecule has 0 bridgehead atoms. The maximum Gasteiger partial charge on any atom is 0.223 e. The van der Waals surface area contributed by atoms with Crippen LogP contribution in [0.15, 0.2) is 53.2 Å². The molecule has 1 aromatic heterocycles. The van der Waals surface area contributed by atoms with Gasteiger partial charge in [0.1, 0.15) is 23.9 Å². The Bertz CT molecular complexity index is 976. The first kappa shape index (κ1) is 25.2. The molecule has 184 valence electrons. The molecule has 3 rings (SSSR count). The molecule has 2 N–H and O–H groups in total. The van der Waals surface area contributed by atoms with E-state index < -0.39 is 0 Å². The molecule has 0 aliphatic carbocycles. The lowest BCUT2D eigenvalue weighted by Crippen LogP contribution is -2.33. The molecule has 1 aromatic carbocycles. The highest BCUT2D eigenvalue weighted by atomic mass is 16.5. The van der Waals surface area contributed by atoms with Crippen molar-refractivity contribution in [1.82, 2.24) is 15.8 Å². The van der Waals surface area contributed by atoms with E-state index in [1.165, 1.54) is 0 Å². The third-order valence-electron chi connectivity index (χ3n) is 5.69. The van der Waals surface area contributed by atoms with E-state index in [1.54, 1.807) is 14.2 Å². The van der Waals surface area contributed by atoms with Crippen LogP contribution in [0.25, 0.3) is 5.57 Å². The van der Waals surface area contributed by atoms with E-state index in [0.717, 1.165) is 53.5 Å². The summed E-state index contributed by atoms with van der Waals surface area (Å²) < 4.78 is 17.0. The zero-order chi connectivity index (χ0) is 24.3. The first-order valence-corrected chi connectivity index (χ1v) is 11.7. The van der Waals surface area contributed by atoms with Crippen molar-refractivity contribution in [1.29, 1.82) is 0 Å². The number of unbranched alkanes of at least 4 members (excludes halogenated alkanes) is 1. The summed E-state index contributed by atoms with van der Waals surface area (Å²) in [5.41, 5.74) is 5.17. The minimum atomic E-state index is 0.0212. The minimum absolute atomic E-state index is 0.0212. The van der Waals surface area contributed by atoms with Gasteiger partial charge in [-0.1, -0.05) is 19.4 Å². The van der Waals surface area contributed by atoms with Crippen molar-refractivity contribution in [2.75, 3.05) is 39.4 Å². The van der Waals surface area contributed by atoms with Gasteiger partial charge < -0.3 is 19.2 Å². The van der Waals surface area contributed by atoms with Gasteiger partial charge in [-0.25, -0.2) is 5.43 Å². The lowest BCUT2D eigenvalue weighted by molar-refractivity contribution is -0.120. The summed E-state index contributed by atoms with van der Waals surface area (Å²) in [5, 5.41) is 4.93. The SMILES string of the molecule is CCCCNC(=O)CC=C(CCc1cc(OC)cc(OC)c1)c1ccc(N2C=CN(NC)C2)o1. The molecular formula is C26H36N4O4. The summed E-state index contributed by atoms with van der Waals surface area (Å²) in [6.07, 6.45) is 9.70. The number of carbonyl (C=O) groups excluding carboxylic acids is 1. The Labute approximate surface area is 202 Å². The molecule has 0 atom stereocenters. The van der Waals surface area contributed by atoms with E-state index in [9.17, 15) is 4.79 Å². The van der Waals surface area contributed by atoms with Gasteiger partial charge >= 0.3 is 0 Å². The summed E-state index contributed by atoms with van der Waals surface area (Å²) >= 11 is 0. The van der Waals surface area contributed by atoms with Gasteiger partial charge in [0.2, 0.25) is 11.8 Å². The lowest BCUT2D eigenvalue weighted by atomic mass is 10.0. The second kappa shape index (κ2) is 12.7. The number of aryl methyl sites for hydroxylation is 1. The van der Waals surface area contributed by atoms with Crippen LogP contribution in [0.5, 0.6) is 11.5 Å². The molecule has 1 amide bonds. The predicted molar refractivity (Wildman–Crippen MR) is 134 cm³/mol. The number of amides is 1. The third kappa shape index (κ3) is 7.05. The summed E-state index contributed by atoms with van der Waals surface area (Å²) in [6.45, 7) is 3.47. The molecule has 0 unspecified atom stereocenters.